The fraction of sp³-hybridized carbons (Fsp3) is 0.625. The third-order valence-electron chi connectivity index (χ3n) is 5.41. The van der Waals surface area contributed by atoms with Crippen molar-refractivity contribution in [2.75, 3.05) is 19.9 Å². The van der Waals surface area contributed by atoms with E-state index in [0.29, 0.717) is 41.0 Å². The number of fused-ring (bicyclic) bond motifs is 2. The van der Waals surface area contributed by atoms with Gasteiger partial charge in [0.05, 0.1) is 4.90 Å². The molecule has 0 bridgehead atoms. The molecule has 3 aliphatic rings. The first kappa shape index (κ1) is 17.8. The van der Waals surface area contributed by atoms with Crippen LogP contribution in [-0.4, -0.2) is 38.6 Å². The highest BCUT2D eigenvalue weighted by Gasteiger charge is 2.43. The van der Waals surface area contributed by atoms with E-state index in [2.05, 4.69) is 0 Å². The Kier molecular flexibility index (Phi) is 4.72. The minimum Gasteiger partial charge on any atom is -0.454 e. The molecule has 1 aliphatic carbocycles. The topological polar surface area (TPSA) is 81.9 Å². The highest BCUT2D eigenvalue weighted by Crippen LogP contribution is 2.41. The number of nitrogens with zero attached hydrogens (tertiary/aromatic N) is 1. The molecule has 1 saturated heterocycles. The summed E-state index contributed by atoms with van der Waals surface area (Å²) in [5, 5.41) is 0. The molecule has 3 atom stereocenters. The van der Waals surface area contributed by atoms with Gasteiger partial charge in [0.15, 0.2) is 11.5 Å². The van der Waals surface area contributed by atoms with Crippen LogP contribution in [0.2, 0.25) is 0 Å². The van der Waals surface area contributed by atoms with E-state index in [4.69, 9.17) is 15.2 Å². The summed E-state index contributed by atoms with van der Waals surface area (Å²) in [7, 11) is -3.53. The van der Waals surface area contributed by atoms with E-state index in [9.17, 15) is 8.42 Å². The number of sulfonamides is 1. The number of nitrogens with two attached hydrogens (primary N) is 1. The van der Waals surface area contributed by atoms with E-state index in [0.717, 1.165) is 19.3 Å². The van der Waals surface area contributed by atoms with Crippen LogP contribution in [0.25, 0.3) is 0 Å². The second-order valence-corrected chi connectivity index (χ2v) is 8.72. The number of hydrogen-bond donors (Lipinski definition) is 1. The zero-order valence-corrected chi connectivity index (χ0v) is 15.2. The zero-order valence-electron chi connectivity index (χ0n) is 13.6. The van der Waals surface area contributed by atoms with Gasteiger partial charge < -0.3 is 15.2 Å². The van der Waals surface area contributed by atoms with E-state index in [-0.39, 0.29) is 31.2 Å². The number of hydrogen-bond acceptors (Lipinski definition) is 5. The quantitative estimate of drug-likeness (QED) is 0.854. The fourth-order valence-corrected chi connectivity index (χ4v) is 5.87. The monoisotopic (exact) mass is 374 g/mol. The van der Waals surface area contributed by atoms with Crippen molar-refractivity contribution >= 4 is 22.4 Å². The highest BCUT2D eigenvalue weighted by molar-refractivity contribution is 7.89. The third-order valence-corrected chi connectivity index (χ3v) is 7.38. The zero-order chi connectivity index (χ0) is 16.2. The van der Waals surface area contributed by atoms with Crippen molar-refractivity contribution in [1.82, 2.24) is 4.31 Å². The number of benzene rings is 1. The lowest BCUT2D eigenvalue weighted by atomic mass is 9.78. The molecule has 8 heteroatoms. The van der Waals surface area contributed by atoms with Gasteiger partial charge in [0.25, 0.3) is 0 Å². The lowest BCUT2D eigenvalue weighted by Crippen LogP contribution is -2.38. The van der Waals surface area contributed by atoms with Gasteiger partial charge in [-0.1, -0.05) is 6.42 Å². The van der Waals surface area contributed by atoms with Crippen molar-refractivity contribution in [2.45, 2.75) is 37.1 Å². The smallest absolute Gasteiger partial charge is 0.243 e. The second-order valence-electron chi connectivity index (χ2n) is 6.81. The van der Waals surface area contributed by atoms with Gasteiger partial charge in [0.2, 0.25) is 16.8 Å². The van der Waals surface area contributed by atoms with Gasteiger partial charge in [-0.2, -0.15) is 4.31 Å². The molecule has 0 aromatic heterocycles. The summed E-state index contributed by atoms with van der Waals surface area (Å²) < 4.78 is 38.5. The maximum absolute atomic E-state index is 13.1. The van der Waals surface area contributed by atoms with E-state index in [1.165, 1.54) is 0 Å². The first-order valence-corrected chi connectivity index (χ1v) is 9.57. The summed E-state index contributed by atoms with van der Waals surface area (Å²) in [4.78, 5) is 0.314. The van der Waals surface area contributed by atoms with Crippen molar-refractivity contribution in [2.24, 2.45) is 17.6 Å². The van der Waals surface area contributed by atoms with Gasteiger partial charge >= 0.3 is 0 Å². The Morgan fingerprint density at radius 1 is 1.17 bits per heavy atom. The number of ether oxygens (including phenoxy) is 2. The first-order chi connectivity index (χ1) is 11.0. The van der Waals surface area contributed by atoms with Crippen molar-refractivity contribution in [3.8, 4) is 11.5 Å². The molecule has 0 radical (unpaired) electrons. The van der Waals surface area contributed by atoms with E-state index in [1.807, 2.05) is 0 Å². The highest BCUT2D eigenvalue weighted by atomic mass is 35.5. The molecule has 0 amide bonds. The minimum absolute atomic E-state index is 0. The summed E-state index contributed by atoms with van der Waals surface area (Å²) in [6.07, 6.45) is 3.17. The van der Waals surface area contributed by atoms with Gasteiger partial charge in [0, 0.05) is 25.2 Å². The van der Waals surface area contributed by atoms with Crippen LogP contribution >= 0.6 is 12.4 Å². The molecule has 1 aromatic rings. The standard InChI is InChI=1S/C16H22N2O4S.ClH/c1-10-5-14-15(22-9-21-14)6-16(10)23(19,20)18-7-11-3-2-4-13(17)12(11)8-18;/h5-6,11-13H,2-4,7-9,17H2,1H3;1H. The molecular formula is C16H23ClN2O4S. The second kappa shape index (κ2) is 6.37. The van der Waals surface area contributed by atoms with Gasteiger partial charge in [-0.25, -0.2) is 8.42 Å². The molecule has 1 aromatic carbocycles. The minimum atomic E-state index is -3.53. The SMILES string of the molecule is Cc1cc2c(cc1S(=O)(=O)N1CC3CCCC(N)C3C1)OCO2.Cl. The van der Waals surface area contributed by atoms with Gasteiger partial charge in [-0.3, -0.25) is 0 Å². The fourth-order valence-electron chi connectivity index (χ4n) is 4.11. The predicted molar refractivity (Wildman–Crippen MR) is 92.1 cm³/mol. The van der Waals surface area contributed by atoms with E-state index in [1.54, 1.807) is 23.4 Å². The van der Waals surface area contributed by atoms with Gasteiger partial charge in [-0.15, -0.1) is 12.4 Å². The Balaban J connectivity index is 0.00000169. The summed E-state index contributed by atoms with van der Waals surface area (Å²) in [5.74, 6) is 1.79. The molecule has 3 unspecified atom stereocenters. The number of rotatable bonds is 2. The van der Waals surface area contributed by atoms with E-state index >= 15 is 0 Å². The molecule has 1 saturated carbocycles. The van der Waals surface area contributed by atoms with Crippen LogP contribution in [0.3, 0.4) is 0 Å². The van der Waals surface area contributed by atoms with E-state index < -0.39 is 10.0 Å². The van der Waals surface area contributed by atoms with Crippen molar-refractivity contribution in [3.63, 3.8) is 0 Å². The summed E-state index contributed by atoms with van der Waals surface area (Å²) in [6, 6.07) is 3.45. The molecule has 2 N–H and O–H groups in total. The molecule has 6 nitrogen and oxygen atoms in total. The van der Waals surface area contributed by atoms with Crippen LogP contribution in [0.5, 0.6) is 11.5 Å². The molecule has 0 spiro atoms. The average Bonchev–Trinajstić information content (AvgIpc) is 3.12. The molecular weight excluding hydrogens is 352 g/mol. The first-order valence-electron chi connectivity index (χ1n) is 8.13. The Morgan fingerprint density at radius 2 is 1.88 bits per heavy atom. The molecule has 134 valence electrons. The molecule has 2 fully saturated rings. The maximum Gasteiger partial charge on any atom is 0.243 e. The molecule has 24 heavy (non-hydrogen) atoms. The van der Waals surface area contributed by atoms with Crippen LogP contribution in [0.4, 0.5) is 0 Å². The summed E-state index contributed by atoms with van der Waals surface area (Å²) in [6.45, 7) is 3.04. The van der Waals surface area contributed by atoms with Gasteiger partial charge in [0.1, 0.15) is 0 Å². The Bertz CT molecular complexity index is 740. The lowest BCUT2D eigenvalue weighted by molar-refractivity contribution is 0.174. The maximum atomic E-state index is 13.1. The summed E-state index contributed by atoms with van der Waals surface area (Å²) >= 11 is 0. The van der Waals surface area contributed by atoms with Crippen molar-refractivity contribution in [3.05, 3.63) is 17.7 Å². The largest absolute Gasteiger partial charge is 0.454 e. The van der Waals surface area contributed by atoms with Crippen LogP contribution in [-0.2, 0) is 10.0 Å². The third kappa shape index (κ3) is 2.77. The Labute approximate surface area is 148 Å². The predicted octanol–water partition coefficient (Wildman–Crippen LogP) is 1.89. The van der Waals surface area contributed by atoms with Crippen LogP contribution in [0, 0.1) is 18.8 Å². The molecule has 4 rings (SSSR count). The van der Waals surface area contributed by atoms with Crippen LogP contribution in [0.1, 0.15) is 24.8 Å². The average molecular weight is 375 g/mol. The summed E-state index contributed by atoms with van der Waals surface area (Å²) in [5.41, 5.74) is 6.90. The Morgan fingerprint density at radius 3 is 2.58 bits per heavy atom. The van der Waals surface area contributed by atoms with Crippen LogP contribution in [0.15, 0.2) is 17.0 Å². The normalized spacial score (nSPS) is 29.2. The van der Waals surface area contributed by atoms with Crippen molar-refractivity contribution < 1.29 is 17.9 Å². The van der Waals surface area contributed by atoms with Crippen LogP contribution < -0.4 is 15.2 Å². The van der Waals surface area contributed by atoms with Gasteiger partial charge in [-0.05, 0) is 43.2 Å². The lowest BCUT2D eigenvalue weighted by Gasteiger charge is -2.29. The Hall–Kier alpha value is -1.02. The number of aryl methyl sites for hydroxylation is 1. The molecule has 2 aliphatic heterocycles. The number of halogens is 1. The molecule has 2 heterocycles. The van der Waals surface area contributed by atoms with Crippen molar-refractivity contribution in [1.29, 1.82) is 0 Å².